The summed E-state index contributed by atoms with van der Waals surface area (Å²) in [6.45, 7) is 0.559. The van der Waals surface area contributed by atoms with E-state index in [-0.39, 0.29) is 53.9 Å². The van der Waals surface area contributed by atoms with Crippen molar-refractivity contribution in [2.75, 3.05) is 11.9 Å². The summed E-state index contributed by atoms with van der Waals surface area (Å²) >= 11 is 6.24. The molecule has 0 bridgehead atoms. The average molecular weight is 698 g/mol. The Kier molecular flexibility index (Phi) is 9.08. The predicted octanol–water partition coefficient (Wildman–Crippen LogP) is 7.48. The number of amides is 2. The van der Waals surface area contributed by atoms with E-state index in [0.29, 0.717) is 33.9 Å². The van der Waals surface area contributed by atoms with E-state index in [9.17, 15) is 31.9 Å². The molecule has 15 heteroatoms. The zero-order chi connectivity index (χ0) is 35.0. The van der Waals surface area contributed by atoms with E-state index in [2.05, 4.69) is 15.3 Å². The summed E-state index contributed by atoms with van der Waals surface area (Å²) in [7, 11) is 0. The van der Waals surface area contributed by atoms with Crippen molar-refractivity contribution in [2.24, 2.45) is 0 Å². The van der Waals surface area contributed by atoms with Gasteiger partial charge < -0.3 is 19.5 Å². The molecule has 1 fully saturated rings. The lowest BCUT2D eigenvalue weighted by atomic mass is 10.0. The number of carbonyl (C=O) groups is 3. The van der Waals surface area contributed by atoms with Gasteiger partial charge in [0.1, 0.15) is 24.5 Å². The van der Waals surface area contributed by atoms with Crippen molar-refractivity contribution >= 4 is 45.8 Å². The molecule has 3 heterocycles. The van der Waals surface area contributed by atoms with Gasteiger partial charge in [-0.1, -0.05) is 41.9 Å². The van der Waals surface area contributed by atoms with Gasteiger partial charge in [-0.2, -0.15) is 13.2 Å². The third kappa shape index (κ3) is 6.95. The highest BCUT2D eigenvalue weighted by atomic mass is 35.5. The maximum Gasteiger partial charge on any atom is 0.419 e. The summed E-state index contributed by atoms with van der Waals surface area (Å²) in [6, 6.07) is 13.8. The molecule has 2 aromatic heterocycles. The van der Waals surface area contributed by atoms with Crippen LogP contribution in [0, 0.1) is 5.82 Å². The second-order valence-electron chi connectivity index (χ2n) is 11.3. The van der Waals surface area contributed by atoms with Gasteiger partial charge in [-0.25, -0.2) is 18.7 Å². The van der Waals surface area contributed by atoms with E-state index in [0.717, 1.165) is 4.90 Å². The number of aromatic nitrogens is 3. The lowest BCUT2D eigenvalue weighted by Crippen LogP contribution is -2.44. The first-order valence-electron chi connectivity index (χ1n) is 14.8. The lowest BCUT2D eigenvalue weighted by Gasteiger charge is -2.24. The van der Waals surface area contributed by atoms with Gasteiger partial charge in [0.2, 0.25) is 11.8 Å². The quantitative estimate of drug-likeness (QED) is 0.133. The molecule has 5 aromatic rings. The first-order chi connectivity index (χ1) is 23.3. The average Bonchev–Trinajstić information content (AvgIpc) is 3.63. The van der Waals surface area contributed by atoms with Crippen LogP contribution in [0.3, 0.4) is 0 Å². The Bertz CT molecular complexity index is 2090. The SMILES string of the molecule is CC(=O)c1cn(CC(=O)N2C[C@H](F)C[C@H]2C(=O)Nc2cccc(-c3ccccc3Cl)c2F)c2ccc(Oc3ncc(C(F)(F)F)cn3)cc12. The number of benzene rings is 3. The van der Waals surface area contributed by atoms with Crippen LogP contribution in [0.5, 0.6) is 11.8 Å². The van der Waals surface area contributed by atoms with Crippen molar-refractivity contribution in [3.05, 3.63) is 101 Å². The van der Waals surface area contributed by atoms with Crippen molar-refractivity contribution in [1.29, 1.82) is 0 Å². The maximum atomic E-state index is 15.5. The Balaban J connectivity index is 1.21. The summed E-state index contributed by atoms with van der Waals surface area (Å²) in [5.74, 6) is -2.40. The van der Waals surface area contributed by atoms with Gasteiger partial charge in [0, 0.05) is 57.6 Å². The van der Waals surface area contributed by atoms with Crippen LogP contribution < -0.4 is 10.1 Å². The molecule has 2 amide bonds. The number of anilines is 1. The second-order valence-corrected chi connectivity index (χ2v) is 11.7. The Morgan fingerprint density at radius 2 is 1.73 bits per heavy atom. The fraction of sp³-hybridized carbons (Fsp3) is 0.206. The van der Waals surface area contributed by atoms with Crippen molar-refractivity contribution in [1.82, 2.24) is 19.4 Å². The maximum absolute atomic E-state index is 15.5. The number of fused-ring (bicyclic) bond motifs is 1. The molecule has 9 nitrogen and oxygen atoms in total. The summed E-state index contributed by atoms with van der Waals surface area (Å²) < 4.78 is 75.7. The number of rotatable bonds is 8. The molecule has 3 aromatic carbocycles. The van der Waals surface area contributed by atoms with E-state index in [1.807, 2.05) is 0 Å². The van der Waals surface area contributed by atoms with Crippen LogP contribution >= 0.6 is 11.6 Å². The van der Waals surface area contributed by atoms with Crippen LogP contribution in [0.1, 0.15) is 29.3 Å². The van der Waals surface area contributed by atoms with Crippen LogP contribution in [0.25, 0.3) is 22.0 Å². The zero-order valence-corrected chi connectivity index (χ0v) is 26.2. The van der Waals surface area contributed by atoms with Crippen molar-refractivity contribution in [3.63, 3.8) is 0 Å². The molecule has 1 aliphatic heterocycles. The third-order valence-corrected chi connectivity index (χ3v) is 8.33. The van der Waals surface area contributed by atoms with Crippen LogP contribution in [0.15, 0.2) is 79.3 Å². The van der Waals surface area contributed by atoms with Gasteiger partial charge in [-0.3, -0.25) is 14.4 Å². The Morgan fingerprint density at radius 1 is 1.02 bits per heavy atom. The molecule has 0 spiro atoms. The highest BCUT2D eigenvalue weighted by molar-refractivity contribution is 6.33. The van der Waals surface area contributed by atoms with E-state index in [1.165, 1.54) is 54.1 Å². The minimum atomic E-state index is -4.63. The van der Waals surface area contributed by atoms with E-state index < -0.39 is 41.6 Å². The number of alkyl halides is 4. The number of carbonyl (C=O) groups excluding carboxylic acids is 3. The molecule has 49 heavy (non-hydrogen) atoms. The minimum absolute atomic E-state index is 0.112. The summed E-state index contributed by atoms with van der Waals surface area (Å²) in [6.07, 6.45) is -3.86. The molecule has 0 saturated carbocycles. The normalized spacial score (nSPS) is 16.2. The first kappa shape index (κ1) is 33.5. The van der Waals surface area contributed by atoms with Crippen LogP contribution in [0.2, 0.25) is 5.02 Å². The fourth-order valence-electron chi connectivity index (χ4n) is 5.65. The Hall–Kier alpha value is -5.37. The van der Waals surface area contributed by atoms with Gasteiger partial charge >= 0.3 is 12.2 Å². The van der Waals surface area contributed by atoms with Gasteiger partial charge in [0.05, 0.1) is 17.8 Å². The molecule has 0 aliphatic carbocycles. The molecular formula is C34H25ClF5N5O4. The number of nitrogens with one attached hydrogen (secondary N) is 1. The predicted molar refractivity (Wildman–Crippen MR) is 170 cm³/mol. The van der Waals surface area contributed by atoms with E-state index in [4.69, 9.17) is 16.3 Å². The summed E-state index contributed by atoms with van der Waals surface area (Å²) in [5, 5.41) is 3.15. The fourth-order valence-corrected chi connectivity index (χ4v) is 5.89. The number of ketones is 1. The molecule has 1 saturated heterocycles. The number of halogens is 6. The van der Waals surface area contributed by atoms with Crippen molar-refractivity contribution in [3.8, 4) is 22.9 Å². The Labute approximate surface area is 280 Å². The van der Waals surface area contributed by atoms with Crippen LogP contribution in [-0.4, -0.2) is 55.8 Å². The van der Waals surface area contributed by atoms with Crippen molar-refractivity contribution < 1.29 is 41.1 Å². The minimum Gasteiger partial charge on any atom is -0.424 e. The Morgan fingerprint density at radius 3 is 2.43 bits per heavy atom. The zero-order valence-electron chi connectivity index (χ0n) is 25.5. The highest BCUT2D eigenvalue weighted by Crippen LogP contribution is 2.34. The number of Topliss-reactive ketones (excluding diaryl/α,β-unsaturated/α-hetero) is 1. The largest absolute Gasteiger partial charge is 0.424 e. The molecule has 1 N–H and O–H groups in total. The third-order valence-electron chi connectivity index (χ3n) is 8.00. The second kappa shape index (κ2) is 13.3. The molecule has 0 radical (unpaired) electrons. The monoisotopic (exact) mass is 697 g/mol. The molecule has 0 unspecified atom stereocenters. The summed E-state index contributed by atoms with van der Waals surface area (Å²) in [4.78, 5) is 47.7. The highest BCUT2D eigenvalue weighted by Gasteiger charge is 2.40. The number of ether oxygens (including phenoxy) is 1. The summed E-state index contributed by atoms with van der Waals surface area (Å²) in [5.41, 5.74) is -0.0480. The molecule has 2 atom stereocenters. The van der Waals surface area contributed by atoms with Gasteiger partial charge in [0.25, 0.3) is 0 Å². The standard InChI is InChI=1S/C34H25ClF5N5O4/c1-18(46)25-16-44(28-10-9-21(12-24(25)28)49-33-41-13-19(14-42-33)34(38,39)40)17-30(47)45-15-20(36)11-29(45)32(48)43-27-8-4-6-23(31(27)37)22-5-2-3-7-26(22)35/h2-10,12-14,16,20,29H,11,15,17H2,1H3,(H,43,48)/t20-,29+/m1/s1. The smallest absolute Gasteiger partial charge is 0.419 e. The number of hydrogen-bond acceptors (Lipinski definition) is 6. The molecule has 1 aliphatic rings. The number of likely N-dealkylation sites (tertiary alicyclic amines) is 1. The van der Waals surface area contributed by atoms with E-state index >= 15 is 4.39 Å². The first-order valence-corrected chi connectivity index (χ1v) is 15.2. The van der Waals surface area contributed by atoms with Gasteiger partial charge in [0.15, 0.2) is 11.6 Å². The molecule has 6 rings (SSSR count). The van der Waals surface area contributed by atoms with Crippen molar-refractivity contribution in [2.45, 2.75) is 38.3 Å². The number of hydrogen-bond donors (Lipinski definition) is 1. The topological polar surface area (TPSA) is 106 Å². The molecule has 252 valence electrons. The van der Waals surface area contributed by atoms with Gasteiger partial charge in [-0.05, 0) is 37.3 Å². The van der Waals surface area contributed by atoms with E-state index in [1.54, 1.807) is 24.3 Å². The molecular weight excluding hydrogens is 673 g/mol. The lowest BCUT2D eigenvalue weighted by molar-refractivity contribution is -0.138. The van der Waals surface area contributed by atoms with Crippen LogP contribution in [0.4, 0.5) is 27.6 Å². The number of nitrogens with zero attached hydrogens (tertiary/aromatic N) is 4. The van der Waals surface area contributed by atoms with Crippen LogP contribution in [-0.2, 0) is 22.3 Å². The van der Waals surface area contributed by atoms with Gasteiger partial charge in [-0.15, -0.1) is 0 Å².